The van der Waals surface area contributed by atoms with Gasteiger partial charge < -0.3 is 15.1 Å². The summed E-state index contributed by atoms with van der Waals surface area (Å²) < 4.78 is 5.44. The first-order valence-corrected chi connectivity index (χ1v) is 6.30. The summed E-state index contributed by atoms with van der Waals surface area (Å²) >= 11 is 0. The van der Waals surface area contributed by atoms with Crippen LogP contribution in [-0.4, -0.2) is 11.0 Å². The maximum Gasteiger partial charge on any atom is 0.123 e. The summed E-state index contributed by atoms with van der Waals surface area (Å²) in [5, 5.41) is 0. The maximum atomic E-state index is 5.80. The summed E-state index contributed by atoms with van der Waals surface area (Å²) in [7, 11) is 0. The molecular formula is C14H17N3O. The van der Waals surface area contributed by atoms with E-state index in [4.69, 9.17) is 10.2 Å². The molecule has 18 heavy (non-hydrogen) atoms. The Morgan fingerprint density at radius 3 is 2.94 bits per heavy atom. The molecule has 4 nitrogen and oxygen atoms in total. The van der Waals surface area contributed by atoms with Crippen molar-refractivity contribution in [2.24, 2.45) is 5.73 Å². The molecule has 1 aliphatic carbocycles. The SMILES string of the molecule is NCc1ccncc1N(Cc1ccco1)C1CC1. The van der Waals surface area contributed by atoms with Crippen molar-refractivity contribution in [2.45, 2.75) is 32.0 Å². The molecule has 1 fully saturated rings. The molecule has 0 aromatic carbocycles. The number of nitrogens with two attached hydrogens (primary N) is 1. The number of anilines is 1. The van der Waals surface area contributed by atoms with Gasteiger partial charge in [0.1, 0.15) is 5.76 Å². The lowest BCUT2D eigenvalue weighted by Crippen LogP contribution is -2.26. The molecule has 0 unspecified atom stereocenters. The van der Waals surface area contributed by atoms with Crippen molar-refractivity contribution in [3.05, 3.63) is 48.2 Å². The molecule has 0 aliphatic heterocycles. The van der Waals surface area contributed by atoms with Crippen LogP contribution < -0.4 is 10.6 Å². The van der Waals surface area contributed by atoms with E-state index in [1.54, 1.807) is 12.5 Å². The maximum absolute atomic E-state index is 5.80. The van der Waals surface area contributed by atoms with Gasteiger partial charge in [-0.3, -0.25) is 4.98 Å². The molecule has 0 saturated heterocycles. The molecule has 0 bridgehead atoms. The third kappa shape index (κ3) is 2.24. The molecule has 0 atom stereocenters. The van der Waals surface area contributed by atoms with Gasteiger partial charge in [0.2, 0.25) is 0 Å². The zero-order valence-corrected chi connectivity index (χ0v) is 10.2. The van der Waals surface area contributed by atoms with E-state index < -0.39 is 0 Å². The third-order valence-electron chi connectivity index (χ3n) is 3.31. The molecule has 2 aromatic heterocycles. The topological polar surface area (TPSA) is 55.3 Å². The van der Waals surface area contributed by atoms with Gasteiger partial charge in [-0.25, -0.2) is 0 Å². The van der Waals surface area contributed by atoms with Crippen LogP contribution in [0.2, 0.25) is 0 Å². The van der Waals surface area contributed by atoms with E-state index in [1.165, 1.54) is 12.8 Å². The van der Waals surface area contributed by atoms with Crippen molar-refractivity contribution in [1.29, 1.82) is 0 Å². The molecule has 2 heterocycles. The lowest BCUT2D eigenvalue weighted by atomic mass is 10.2. The van der Waals surface area contributed by atoms with Crippen LogP contribution in [0.5, 0.6) is 0 Å². The number of pyridine rings is 1. The normalized spacial score (nSPS) is 14.7. The van der Waals surface area contributed by atoms with E-state index >= 15 is 0 Å². The number of rotatable bonds is 5. The first-order valence-electron chi connectivity index (χ1n) is 6.30. The highest BCUT2D eigenvalue weighted by Gasteiger charge is 2.30. The van der Waals surface area contributed by atoms with Crippen LogP contribution in [0, 0.1) is 0 Å². The van der Waals surface area contributed by atoms with Gasteiger partial charge >= 0.3 is 0 Å². The number of furan rings is 1. The molecule has 2 N–H and O–H groups in total. The molecule has 1 aliphatic rings. The van der Waals surface area contributed by atoms with Crippen LogP contribution in [0.25, 0.3) is 0 Å². The monoisotopic (exact) mass is 243 g/mol. The van der Waals surface area contributed by atoms with Gasteiger partial charge in [0.05, 0.1) is 24.7 Å². The number of aromatic nitrogens is 1. The highest BCUT2D eigenvalue weighted by Crippen LogP contribution is 2.34. The summed E-state index contributed by atoms with van der Waals surface area (Å²) in [6.45, 7) is 1.33. The zero-order chi connectivity index (χ0) is 12.4. The lowest BCUT2D eigenvalue weighted by Gasteiger charge is -2.25. The van der Waals surface area contributed by atoms with Gasteiger partial charge in [0, 0.05) is 18.8 Å². The van der Waals surface area contributed by atoms with Gasteiger partial charge in [-0.15, -0.1) is 0 Å². The highest BCUT2D eigenvalue weighted by atomic mass is 16.3. The summed E-state index contributed by atoms with van der Waals surface area (Å²) in [4.78, 5) is 6.58. The van der Waals surface area contributed by atoms with Crippen molar-refractivity contribution in [2.75, 3.05) is 4.90 Å². The van der Waals surface area contributed by atoms with Crippen LogP contribution in [0.4, 0.5) is 5.69 Å². The Morgan fingerprint density at radius 1 is 1.39 bits per heavy atom. The Bertz CT molecular complexity index is 506. The van der Waals surface area contributed by atoms with Crippen molar-refractivity contribution >= 4 is 5.69 Å². The van der Waals surface area contributed by atoms with Gasteiger partial charge in [-0.2, -0.15) is 0 Å². The van der Waals surface area contributed by atoms with Crippen molar-refractivity contribution in [3.63, 3.8) is 0 Å². The minimum absolute atomic E-state index is 0.541. The van der Waals surface area contributed by atoms with E-state index in [9.17, 15) is 0 Å². The van der Waals surface area contributed by atoms with E-state index in [0.29, 0.717) is 12.6 Å². The summed E-state index contributed by atoms with van der Waals surface area (Å²) in [6.07, 6.45) is 7.89. The second-order valence-electron chi connectivity index (χ2n) is 4.65. The summed E-state index contributed by atoms with van der Waals surface area (Å²) in [5.41, 5.74) is 8.08. The van der Waals surface area contributed by atoms with E-state index in [0.717, 1.165) is 23.6 Å². The molecule has 1 saturated carbocycles. The van der Waals surface area contributed by atoms with Gasteiger partial charge in [-0.1, -0.05) is 0 Å². The minimum Gasteiger partial charge on any atom is -0.467 e. The number of hydrogen-bond donors (Lipinski definition) is 1. The first-order chi connectivity index (χ1) is 8.88. The minimum atomic E-state index is 0.541. The predicted octanol–water partition coefficient (Wildman–Crippen LogP) is 2.30. The second kappa shape index (κ2) is 4.82. The fraction of sp³-hybridized carbons (Fsp3) is 0.357. The van der Waals surface area contributed by atoms with Crippen molar-refractivity contribution < 1.29 is 4.42 Å². The largest absolute Gasteiger partial charge is 0.467 e. The number of nitrogens with zero attached hydrogens (tertiary/aromatic N) is 2. The van der Waals surface area contributed by atoms with E-state index in [-0.39, 0.29) is 0 Å². The van der Waals surface area contributed by atoms with Crippen LogP contribution in [0.15, 0.2) is 41.3 Å². The third-order valence-corrected chi connectivity index (χ3v) is 3.31. The zero-order valence-electron chi connectivity index (χ0n) is 10.2. The van der Waals surface area contributed by atoms with Gasteiger partial charge in [-0.05, 0) is 36.6 Å². The van der Waals surface area contributed by atoms with E-state index in [2.05, 4.69) is 9.88 Å². The van der Waals surface area contributed by atoms with E-state index in [1.807, 2.05) is 24.4 Å². The Balaban J connectivity index is 1.89. The first kappa shape index (κ1) is 11.3. The molecule has 0 spiro atoms. The van der Waals surface area contributed by atoms with Crippen LogP contribution >= 0.6 is 0 Å². The molecule has 4 heteroatoms. The molecule has 2 aromatic rings. The fourth-order valence-electron chi connectivity index (χ4n) is 2.21. The fourth-order valence-corrected chi connectivity index (χ4v) is 2.21. The van der Waals surface area contributed by atoms with Crippen LogP contribution in [-0.2, 0) is 13.1 Å². The second-order valence-corrected chi connectivity index (χ2v) is 4.65. The molecule has 0 amide bonds. The molecule has 3 rings (SSSR count). The van der Waals surface area contributed by atoms with Gasteiger partial charge in [0.25, 0.3) is 0 Å². The summed E-state index contributed by atoms with van der Waals surface area (Å²) in [6, 6.07) is 6.53. The Kier molecular flexibility index (Phi) is 3.02. The number of hydrogen-bond acceptors (Lipinski definition) is 4. The van der Waals surface area contributed by atoms with Crippen molar-refractivity contribution in [1.82, 2.24) is 4.98 Å². The predicted molar refractivity (Wildman–Crippen MR) is 70.0 cm³/mol. The summed E-state index contributed by atoms with van der Waals surface area (Å²) in [5.74, 6) is 0.980. The van der Waals surface area contributed by atoms with Crippen LogP contribution in [0.3, 0.4) is 0 Å². The van der Waals surface area contributed by atoms with Crippen LogP contribution in [0.1, 0.15) is 24.2 Å². The van der Waals surface area contributed by atoms with Crippen molar-refractivity contribution in [3.8, 4) is 0 Å². The Hall–Kier alpha value is -1.81. The Labute approximate surface area is 106 Å². The molecular weight excluding hydrogens is 226 g/mol. The average Bonchev–Trinajstić information content (AvgIpc) is 3.13. The smallest absolute Gasteiger partial charge is 0.123 e. The Morgan fingerprint density at radius 2 is 2.28 bits per heavy atom. The standard InChI is InChI=1S/C14H17N3O/c15-8-11-5-6-16-9-14(11)17(12-3-4-12)10-13-2-1-7-18-13/h1-2,5-7,9,12H,3-4,8,10,15H2. The molecule has 0 radical (unpaired) electrons. The lowest BCUT2D eigenvalue weighted by molar-refractivity contribution is 0.501. The quantitative estimate of drug-likeness (QED) is 0.875. The average molecular weight is 243 g/mol. The highest BCUT2D eigenvalue weighted by molar-refractivity contribution is 5.53. The molecule has 94 valence electrons. The van der Waals surface area contributed by atoms with Gasteiger partial charge in [0.15, 0.2) is 0 Å².